The molecule has 0 aromatic heterocycles. The number of halogens is 3. The molecule has 1 fully saturated rings. The average Bonchev–Trinajstić information content (AvgIpc) is 3.06. The molecule has 3 nitrogen and oxygen atoms in total. The molecule has 1 heterocycles. The van der Waals surface area contributed by atoms with Crippen molar-refractivity contribution in [3.63, 3.8) is 0 Å². The second-order valence-corrected chi connectivity index (χ2v) is 6.89. The first-order valence-electron chi connectivity index (χ1n) is 8.93. The third kappa shape index (κ3) is 4.62. The Morgan fingerprint density at radius 3 is 2.48 bits per heavy atom. The van der Waals surface area contributed by atoms with Gasteiger partial charge in [0, 0.05) is 24.7 Å². The van der Waals surface area contributed by atoms with Crippen molar-refractivity contribution < 1.29 is 22.7 Å². The van der Waals surface area contributed by atoms with Crippen LogP contribution in [0.1, 0.15) is 24.0 Å². The van der Waals surface area contributed by atoms with Crippen molar-refractivity contribution in [3.8, 4) is 5.75 Å². The molecular weight excluding hydrogens is 355 g/mol. The number of hydrogen-bond acceptors (Lipinski definition) is 3. The quantitative estimate of drug-likeness (QED) is 0.669. The molecule has 2 aromatic carbocycles. The second kappa shape index (κ2) is 8.03. The first-order valence-corrected chi connectivity index (χ1v) is 8.93. The summed E-state index contributed by atoms with van der Waals surface area (Å²) in [5.74, 6) is -0.750. The molecule has 144 valence electrons. The number of carbonyl (C=O) groups excluding carboxylic acids is 1. The van der Waals surface area contributed by atoms with Crippen molar-refractivity contribution in [3.05, 3.63) is 59.7 Å². The first kappa shape index (κ1) is 19.3. The smallest absolute Gasteiger partial charge is 0.393 e. The van der Waals surface area contributed by atoms with E-state index < -0.39 is 18.1 Å². The van der Waals surface area contributed by atoms with Gasteiger partial charge < -0.3 is 14.4 Å². The zero-order valence-corrected chi connectivity index (χ0v) is 15.1. The van der Waals surface area contributed by atoms with Gasteiger partial charge in [-0.15, -0.1) is 0 Å². The molecule has 1 aliphatic heterocycles. The van der Waals surface area contributed by atoms with Gasteiger partial charge in [-0.2, -0.15) is 13.2 Å². The largest absolute Gasteiger partial charge is 0.489 e. The van der Waals surface area contributed by atoms with Crippen molar-refractivity contribution in [2.24, 2.45) is 5.92 Å². The van der Waals surface area contributed by atoms with Crippen LogP contribution in [0.2, 0.25) is 0 Å². The summed E-state index contributed by atoms with van der Waals surface area (Å²) in [5, 5.41) is 0. The van der Waals surface area contributed by atoms with Crippen molar-refractivity contribution in [2.45, 2.75) is 38.6 Å². The zero-order chi connectivity index (χ0) is 19.4. The Morgan fingerprint density at radius 2 is 1.85 bits per heavy atom. The lowest BCUT2D eigenvalue weighted by atomic mass is 10.0. The number of alkyl halides is 3. The number of carbonyl (C=O) groups is 1. The Hall–Kier alpha value is -2.50. The normalized spacial score (nSPS) is 19.9. The van der Waals surface area contributed by atoms with E-state index in [1.165, 1.54) is 0 Å². The monoisotopic (exact) mass is 377 g/mol. The van der Waals surface area contributed by atoms with Gasteiger partial charge >= 0.3 is 6.18 Å². The Balaban J connectivity index is 1.68. The van der Waals surface area contributed by atoms with Gasteiger partial charge in [0.25, 0.3) is 0 Å². The van der Waals surface area contributed by atoms with Crippen LogP contribution >= 0.6 is 0 Å². The van der Waals surface area contributed by atoms with E-state index in [9.17, 15) is 18.0 Å². The number of rotatable bonds is 6. The van der Waals surface area contributed by atoms with Crippen LogP contribution in [0.4, 0.5) is 18.9 Å². The molecule has 0 bridgehead atoms. The maximum absolute atomic E-state index is 13.1. The predicted octanol–water partition coefficient (Wildman–Crippen LogP) is 4.92. The molecule has 2 atom stereocenters. The van der Waals surface area contributed by atoms with Crippen LogP contribution in [0.5, 0.6) is 5.75 Å². The summed E-state index contributed by atoms with van der Waals surface area (Å²) in [5.41, 5.74) is 2.90. The molecular formula is C21H22F3NO2. The third-order valence-electron chi connectivity index (χ3n) is 5.07. The van der Waals surface area contributed by atoms with E-state index in [1.54, 1.807) is 29.2 Å². The Morgan fingerprint density at radius 1 is 1.15 bits per heavy atom. The van der Waals surface area contributed by atoms with Gasteiger partial charge in [-0.05, 0) is 48.7 Å². The molecule has 0 aliphatic carbocycles. The summed E-state index contributed by atoms with van der Waals surface area (Å²) in [6, 6.07) is 14.5. The summed E-state index contributed by atoms with van der Waals surface area (Å²) in [7, 11) is 0. The molecule has 0 amide bonds. The van der Waals surface area contributed by atoms with Crippen LogP contribution in [0, 0.1) is 12.8 Å². The summed E-state index contributed by atoms with van der Waals surface area (Å²) in [4.78, 5) is 12.5. The number of ether oxygens (including phenoxy) is 1. The maximum Gasteiger partial charge on any atom is 0.393 e. The average molecular weight is 377 g/mol. The van der Waals surface area contributed by atoms with Gasteiger partial charge in [-0.1, -0.05) is 24.3 Å². The minimum Gasteiger partial charge on any atom is -0.489 e. The van der Waals surface area contributed by atoms with E-state index >= 15 is 0 Å². The zero-order valence-electron chi connectivity index (χ0n) is 15.1. The van der Waals surface area contributed by atoms with Gasteiger partial charge in [0.05, 0.1) is 5.92 Å². The van der Waals surface area contributed by atoms with Crippen molar-refractivity contribution in [1.29, 1.82) is 0 Å². The second-order valence-electron chi connectivity index (χ2n) is 6.89. The lowest BCUT2D eigenvalue weighted by Gasteiger charge is -2.25. The van der Waals surface area contributed by atoms with Crippen LogP contribution < -0.4 is 9.64 Å². The minimum atomic E-state index is -4.24. The number of aldehydes is 1. The van der Waals surface area contributed by atoms with Crippen LogP contribution in [0.15, 0.2) is 48.5 Å². The Labute approximate surface area is 156 Å². The van der Waals surface area contributed by atoms with Gasteiger partial charge in [-0.25, -0.2) is 0 Å². The number of nitrogens with zero attached hydrogens (tertiary/aromatic N) is 1. The molecule has 2 unspecified atom stereocenters. The highest BCUT2D eigenvalue weighted by Crippen LogP contribution is 2.39. The Bertz CT molecular complexity index is 774. The van der Waals surface area contributed by atoms with Crippen molar-refractivity contribution in [1.82, 2.24) is 0 Å². The fourth-order valence-corrected chi connectivity index (χ4v) is 3.47. The highest BCUT2D eigenvalue weighted by Gasteiger charge is 2.47. The lowest BCUT2D eigenvalue weighted by Crippen LogP contribution is -2.30. The first-order chi connectivity index (χ1) is 12.9. The van der Waals surface area contributed by atoms with E-state index in [2.05, 4.69) is 0 Å². The topological polar surface area (TPSA) is 29.5 Å². The van der Waals surface area contributed by atoms with E-state index in [-0.39, 0.29) is 19.4 Å². The molecule has 27 heavy (non-hydrogen) atoms. The van der Waals surface area contributed by atoms with Crippen LogP contribution in [-0.2, 0) is 11.4 Å². The van der Waals surface area contributed by atoms with Gasteiger partial charge in [-0.3, -0.25) is 0 Å². The number of anilines is 1. The molecule has 0 spiro atoms. The molecule has 1 saturated heterocycles. The van der Waals surface area contributed by atoms with Crippen molar-refractivity contribution in [2.75, 3.05) is 11.4 Å². The van der Waals surface area contributed by atoms with E-state index in [4.69, 9.17) is 4.74 Å². The van der Waals surface area contributed by atoms with Gasteiger partial charge in [0.1, 0.15) is 18.6 Å². The fraction of sp³-hybridized carbons (Fsp3) is 0.381. The van der Waals surface area contributed by atoms with E-state index in [0.29, 0.717) is 24.3 Å². The minimum absolute atomic E-state index is 0.0478. The highest BCUT2D eigenvalue weighted by atomic mass is 19.4. The summed E-state index contributed by atoms with van der Waals surface area (Å²) < 4.78 is 45.0. The van der Waals surface area contributed by atoms with Gasteiger partial charge in [0.2, 0.25) is 0 Å². The molecule has 0 N–H and O–H groups in total. The summed E-state index contributed by atoms with van der Waals surface area (Å²) in [6.45, 7) is 2.32. The number of benzene rings is 2. The standard InChI is InChI=1S/C21H22F3NO2/c1-15-4-2-3-5-16(15)14-27-20-8-6-18(7-9-20)25-13-17(21(22,23)24)12-19(25)10-11-26/h2-9,11,17,19H,10,12-14H2,1H3. The van der Waals surface area contributed by atoms with Crippen LogP contribution in [0.3, 0.4) is 0 Å². The maximum atomic E-state index is 13.1. The molecule has 1 aliphatic rings. The molecule has 3 rings (SSSR count). The van der Waals surface area contributed by atoms with E-state index in [1.807, 2.05) is 31.2 Å². The van der Waals surface area contributed by atoms with E-state index in [0.717, 1.165) is 11.1 Å². The predicted molar refractivity (Wildman–Crippen MR) is 97.9 cm³/mol. The number of hydrogen-bond donors (Lipinski definition) is 0. The summed E-state index contributed by atoms with van der Waals surface area (Å²) >= 11 is 0. The Kier molecular flexibility index (Phi) is 5.73. The molecule has 0 radical (unpaired) electrons. The SMILES string of the molecule is Cc1ccccc1COc1ccc(N2CC(C(F)(F)F)CC2CC=O)cc1. The van der Waals surface area contributed by atoms with Crippen LogP contribution in [-0.4, -0.2) is 25.0 Å². The molecule has 0 saturated carbocycles. The highest BCUT2D eigenvalue weighted by molar-refractivity contribution is 5.56. The molecule has 2 aromatic rings. The van der Waals surface area contributed by atoms with Crippen molar-refractivity contribution >= 4 is 12.0 Å². The fourth-order valence-electron chi connectivity index (χ4n) is 3.47. The van der Waals surface area contributed by atoms with Gasteiger partial charge in [0.15, 0.2) is 0 Å². The van der Waals surface area contributed by atoms with Crippen LogP contribution in [0.25, 0.3) is 0 Å². The summed E-state index contributed by atoms with van der Waals surface area (Å²) in [6.07, 6.45) is -3.51. The molecule has 6 heteroatoms. The third-order valence-corrected chi connectivity index (χ3v) is 5.07. The lowest BCUT2D eigenvalue weighted by molar-refractivity contribution is -0.168. The number of aryl methyl sites for hydroxylation is 1.